The van der Waals surface area contributed by atoms with Crippen LogP contribution in [0.25, 0.3) is 0 Å². The van der Waals surface area contributed by atoms with Gasteiger partial charge in [0, 0.05) is 12.9 Å². The fourth-order valence-corrected chi connectivity index (χ4v) is 3.82. The topological polar surface area (TPSA) is 53.4 Å². The molecule has 0 saturated heterocycles. The van der Waals surface area contributed by atoms with Gasteiger partial charge in [-0.05, 0) is 51.3 Å². The maximum absolute atomic E-state index is 12.4. The summed E-state index contributed by atoms with van der Waals surface area (Å²) in [4.78, 5) is 13.1. The maximum Gasteiger partial charge on any atom is 0.287 e. The molecule has 0 aliphatic carbocycles. The smallest absolute Gasteiger partial charge is 0.287 e. The molecule has 2 aromatic rings. The van der Waals surface area contributed by atoms with Gasteiger partial charge in [-0.3, -0.25) is 4.79 Å². The zero-order valence-electron chi connectivity index (χ0n) is 16.8. The maximum atomic E-state index is 12.4. The number of methoxy groups -OCH3 is 1. The van der Waals surface area contributed by atoms with Crippen LogP contribution in [0.15, 0.2) is 28.0 Å². The molecule has 7 heteroatoms. The summed E-state index contributed by atoms with van der Waals surface area (Å²) in [6, 6.07) is 4.15. The summed E-state index contributed by atoms with van der Waals surface area (Å²) in [5.74, 6) is 1.56. The molecule has 0 unspecified atom stereocenters. The van der Waals surface area contributed by atoms with Crippen molar-refractivity contribution >= 4 is 23.4 Å². The van der Waals surface area contributed by atoms with Gasteiger partial charge in [0.2, 0.25) is 0 Å². The number of benzene rings is 1. The number of aromatic nitrogens is 2. The monoisotopic (exact) mass is 410 g/mol. The Labute approximate surface area is 170 Å². The predicted octanol–water partition coefficient (Wildman–Crippen LogP) is 4.59. The van der Waals surface area contributed by atoms with E-state index in [1.807, 2.05) is 34.6 Å². The molecule has 0 N–H and O–H groups in total. The Hall–Kier alpha value is -1.50. The average Bonchev–Trinajstić information content (AvgIpc) is 2.56. The predicted molar refractivity (Wildman–Crippen MR) is 111 cm³/mol. The SMILES string of the molecule is COCc1cc(C)c(OCCSc2cnn(C(C)(C)C)c(=O)c2Cl)c(C)c1. The number of halogens is 1. The Morgan fingerprint density at radius 3 is 2.41 bits per heavy atom. The van der Waals surface area contributed by atoms with Gasteiger partial charge in [-0.15, -0.1) is 11.8 Å². The Bertz CT molecular complexity index is 836. The van der Waals surface area contributed by atoms with Gasteiger partial charge in [-0.2, -0.15) is 5.10 Å². The van der Waals surface area contributed by atoms with Crippen molar-refractivity contribution in [3.8, 4) is 5.75 Å². The highest BCUT2D eigenvalue weighted by Gasteiger charge is 2.19. The van der Waals surface area contributed by atoms with Crippen LogP contribution in [0.1, 0.15) is 37.5 Å². The van der Waals surface area contributed by atoms with E-state index >= 15 is 0 Å². The summed E-state index contributed by atoms with van der Waals surface area (Å²) in [7, 11) is 1.69. The second-order valence-corrected chi connectivity index (χ2v) is 8.91. The summed E-state index contributed by atoms with van der Waals surface area (Å²) in [6.07, 6.45) is 1.65. The molecule has 0 aliphatic rings. The molecular formula is C20H27ClN2O3S. The number of rotatable bonds is 7. The van der Waals surface area contributed by atoms with Crippen molar-refractivity contribution in [2.75, 3.05) is 19.5 Å². The van der Waals surface area contributed by atoms with E-state index in [-0.39, 0.29) is 10.6 Å². The molecule has 0 amide bonds. The second-order valence-electron chi connectivity index (χ2n) is 7.40. The van der Waals surface area contributed by atoms with Crippen LogP contribution in [0.5, 0.6) is 5.75 Å². The molecule has 0 aliphatic heterocycles. The number of ether oxygens (including phenoxy) is 2. The van der Waals surface area contributed by atoms with Crippen LogP contribution in [-0.2, 0) is 16.9 Å². The fourth-order valence-electron chi connectivity index (χ4n) is 2.81. The molecule has 2 rings (SSSR count). The average molecular weight is 411 g/mol. The van der Waals surface area contributed by atoms with Crippen molar-refractivity contribution in [3.05, 3.63) is 50.4 Å². The first-order valence-corrected chi connectivity index (χ1v) is 10.1. The summed E-state index contributed by atoms with van der Waals surface area (Å²) in [5, 5.41) is 4.46. The summed E-state index contributed by atoms with van der Waals surface area (Å²) in [5.41, 5.74) is 2.62. The molecule has 27 heavy (non-hydrogen) atoms. The molecule has 0 spiro atoms. The van der Waals surface area contributed by atoms with Crippen molar-refractivity contribution in [3.63, 3.8) is 0 Å². The van der Waals surface area contributed by atoms with Gasteiger partial charge in [0.05, 0.1) is 29.8 Å². The first-order valence-electron chi connectivity index (χ1n) is 8.78. The molecule has 1 aromatic heterocycles. The van der Waals surface area contributed by atoms with Crippen molar-refractivity contribution in [2.45, 2.75) is 51.7 Å². The first-order chi connectivity index (χ1) is 12.6. The van der Waals surface area contributed by atoms with E-state index in [2.05, 4.69) is 17.2 Å². The van der Waals surface area contributed by atoms with Crippen molar-refractivity contribution in [1.29, 1.82) is 0 Å². The van der Waals surface area contributed by atoms with Crippen molar-refractivity contribution in [2.24, 2.45) is 0 Å². The van der Waals surface area contributed by atoms with E-state index in [4.69, 9.17) is 21.1 Å². The minimum atomic E-state index is -0.406. The lowest BCUT2D eigenvalue weighted by Gasteiger charge is -2.21. The van der Waals surface area contributed by atoms with Gasteiger partial charge in [-0.25, -0.2) is 4.68 Å². The summed E-state index contributed by atoms with van der Waals surface area (Å²) >= 11 is 7.72. The van der Waals surface area contributed by atoms with Crippen LogP contribution < -0.4 is 10.3 Å². The van der Waals surface area contributed by atoms with Crippen molar-refractivity contribution < 1.29 is 9.47 Å². The van der Waals surface area contributed by atoms with E-state index in [0.29, 0.717) is 23.9 Å². The van der Waals surface area contributed by atoms with Gasteiger partial charge >= 0.3 is 0 Å². The molecule has 148 valence electrons. The standard InChI is InChI=1S/C20H27ClN2O3S/c1-13-9-15(12-25-6)10-14(2)18(13)26-7-8-27-16-11-22-23(20(3,4)5)19(24)17(16)21/h9-11H,7-8,12H2,1-6H3. The third-order valence-electron chi connectivity index (χ3n) is 3.94. The molecular weight excluding hydrogens is 384 g/mol. The van der Waals surface area contributed by atoms with E-state index in [0.717, 1.165) is 22.4 Å². The van der Waals surface area contributed by atoms with Crippen LogP contribution in [-0.4, -0.2) is 29.3 Å². The lowest BCUT2D eigenvalue weighted by atomic mass is 10.1. The molecule has 0 saturated carbocycles. The quantitative estimate of drug-likeness (QED) is 0.493. The Morgan fingerprint density at radius 1 is 1.22 bits per heavy atom. The lowest BCUT2D eigenvalue weighted by Crippen LogP contribution is -2.36. The van der Waals surface area contributed by atoms with E-state index in [9.17, 15) is 4.79 Å². The molecule has 1 aromatic carbocycles. The van der Waals surface area contributed by atoms with E-state index in [1.54, 1.807) is 13.3 Å². The summed E-state index contributed by atoms with van der Waals surface area (Å²) in [6.45, 7) is 10.9. The van der Waals surface area contributed by atoms with Gasteiger partial charge in [0.25, 0.3) is 5.56 Å². The van der Waals surface area contributed by atoms with Crippen LogP contribution in [0, 0.1) is 13.8 Å². The molecule has 0 fully saturated rings. The zero-order valence-corrected chi connectivity index (χ0v) is 18.3. The zero-order chi connectivity index (χ0) is 20.2. The van der Waals surface area contributed by atoms with E-state index in [1.165, 1.54) is 16.4 Å². The largest absolute Gasteiger partial charge is 0.492 e. The normalized spacial score (nSPS) is 11.7. The highest BCUT2D eigenvalue weighted by atomic mass is 35.5. The number of nitrogens with zero attached hydrogens (tertiary/aromatic N) is 2. The van der Waals surface area contributed by atoms with Crippen LogP contribution in [0.2, 0.25) is 5.02 Å². The Morgan fingerprint density at radius 2 is 1.85 bits per heavy atom. The first kappa shape index (κ1) is 21.8. The minimum absolute atomic E-state index is 0.209. The van der Waals surface area contributed by atoms with Gasteiger partial charge in [0.15, 0.2) is 0 Å². The molecule has 5 nitrogen and oxygen atoms in total. The molecule has 0 atom stereocenters. The van der Waals surface area contributed by atoms with Crippen LogP contribution >= 0.6 is 23.4 Å². The molecule has 0 radical (unpaired) electrons. The van der Waals surface area contributed by atoms with Crippen LogP contribution in [0.4, 0.5) is 0 Å². The highest BCUT2D eigenvalue weighted by molar-refractivity contribution is 7.99. The Balaban J connectivity index is 2.00. The Kier molecular flexibility index (Phi) is 7.37. The summed E-state index contributed by atoms with van der Waals surface area (Å²) < 4.78 is 12.6. The number of hydrogen-bond acceptors (Lipinski definition) is 5. The third-order valence-corrected chi connectivity index (χ3v) is 5.41. The fraction of sp³-hybridized carbons (Fsp3) is 0.500. The lowest BCUT2D eigenvalue weighted by molar-refractivity contribution is 0.184. The highest BCUT2D eigenvalue weighted by Crippen LogP contribution is 2.27. The van der Waals surface area contributed by atoms with Gasteiger partial charge < -0.3 is 9.47 Å². The number of thioether (sulfide) groups is 1. The number of hydrogen-bond donors (Lipinski definition) is 0. The number of aryl methyl sites for hydroxylation is 2. The molecule has 0 bridgehead atoms. The van der Waals surface area contributed by atoms with E-state index < -0.39 is 5.54 Å². The molecule has 1 heterocycles. The van der Waals surface area contributed by atoms with Gasteiger partial charge in [0.1, 0.15) is 10.8 Å². The second kappa shape index (κ2) is 9.13. The van der Waals surface area contributed by atoms with Crippen molar-refractivity contribution in [1.82, 2.24) is 9.78 Å². The minimum Gasteiger partial charge on any atom is -0.492 e. The van der Waals surface area contributed by atoms with Gasteiger partial charge in [-0.1, -0.05) is 23.7 Å². The third kappa shape index (κ3) is 5.50. The van der Waals surface area contributed by atoms with Crippen LogP contribution in [0.3, 0.4) is 0 Å².